The van der Waals surface area contributed by atoms with Gasteiger partial charge in [-0.1, -0.05) is 12.1 Å². The van der Waals surface area contributed by atoms with Crippen molar-refractivity contribution in [3.8, 4) is 5.75 Å². The highest BCUT2D eigenvalue weighted by Crippen LogP contribution is 2.10. The van der Waals surface area contributed by atoms with E-state index in [1.165, 1.54) is 0 Å². The summed E-state index contributed by atoms with van der Waals surface area (Å²) in [5, 5.41) is 20.7. The zero-order valence-corrected chi connectivity index (χ0v) is 8.60. The molecule has 82 valence electrons. The number of nitrogens with one attached hydrogen (secondary N) is 1. The Bertz CT molecular complexity index is 336. The summed E-state index contributed by atoms with van der Waals surface area (Å²) in [6.07, 6.45) is -0.334. The first-order valence-corrected chi connectivity index (χ1v) is 4.80. The van der Waals surface area contributed by atoms with Gasteiger partial charge < -0.3 is 15.5 Å². The maximum atomic E-state index is 11.3. The first kappa shape index (κ1) is 11.5. The second-order valence-corrected chi connectivity index (χ2v) is 3.50. The molecule has 3 N–H and O–H groups in total. The van der Waals surface area contributed by atoms with Crippen molar-refractivity contribution in [1.82, 2.24) is 5.32 Å². The Labute approximate surface area is 88.6 Å². The maximum Gasteiger partial charge on any atom is 0.224 e. The number of rotatable bonds is 4. The summed E-state index contributed by atoms with van der Waals surface area (Å²) in [4.78, 5) is 11.3. The van der Waals surface area contributed by atoms with Crippen LogP contribution in [0.5, 0.6) is 5.75 Å². The van der Waals surface area contributed by atoms with Crippen molar-refractivity contribution in [3.63, 3.8) is 0 Å². The van der Waals surface area contributed by atoms with Crippen LogP contribution >= 0.6 is 0 Å². The quantitative estimate of drug-likeness (QED) is 0.673. The predicted octanol–water partition coefficient (Wildman–Crippen LogP) is 0.432. The second-order valence-electron chi connectivity index (χ2n) is 3.50. The fraction of sp³-hybridized carbons (Fsp3) is 0.364. The van der Waals surface area contributed by atoms with Gasteiger partial charge in [0, 0.05) is 6.54 Å². The molecule has 0 saturated heterocycles. The summed E-state index contributed by atoms with van der Waals surface area (Å²) in [6.45, 7) is 1.85. The van der Waals surface area contributed by atoms with Crippen LogP contribution in [0.4, 0.5) is 0 Å². The topological polar surface area (TPSA) is 69.6 Å². The van der Waals surface area contributed by atoms with E-state index in [9.17, 15) is 9.90 Å². The average Bonchev–Trinajstić information content (AvgIpc) is 2.15. The molecule has 1 unspecified atom stereocenters. The van der Waals surface area contributed by atoms with Crippen molar-refractivity contribution in [3.05, 3.63) is 29.8 Å². The van der Waals surface area contributed by atoms with Crippen LogP contribution in [0.2, 0.25) is 0 Å². The molecule has 0 aliphatic carbocycles. The molecule has 0 aliphatic rings. The van der Waals surface area contributed by atoms with Crippen LogP contribution in [-0.2, 0) is 11.2 Å². The lowest BCUT2D eigenvalue weighted by Gasteiger charge is -2.07. The molecule has 0 fully saturated rings. The van der Waals surface area contributed by atoms with Gasteiger partial charge in [0.15, 0.2) is 0 Å². The highest BCUT2D eigenvalue weighted by Gasteiger charge is 2.04. The van der Waals surface area contributed by atoms with Crippen LogP contribution in [0.1, 0.15) is 12.5 Å². The zero-order valence-electron chi connectivity index (χ0n) is 8.60. The van der Waals surface area contributed by atoms with Crippen LogP contribution in [0.3, 0.4) is 0 Å². The molecule has 4 heteroatoms. The minimum absolute atomic E-state index is 0.149. The van der Waals surface area contributed by atoms with Crippen LogP contribution in [0.15, 0.2) is 24.3 Å². The number of phenolic OH excluding ortho intramolecular Hbond substituents is 1. The molecular formula is C11H15NO3. The molecule has 15 heavy (non-hydrogen) atoms. The smallest absolute Gasteiger partial charge is 0.224 e. The lowest BCUT2D eigenvalue weighted by Crippen LogP contribution is -2.31. The maximum absolute atomic E-state index is 11.3. The van der Waals surface area contributed by atoms with E-state index < -0.39 is 6.10 Å². The number of benzene rings is 1. The van der Waals surface area contributed by atoms with E-state index in [4.69, 9.17) is 5.11 Å². The van der Waals surface area contributed by atoms with E-state index in [-0.39, 0.29) is 24.6 Å². The fourth-order valence-electron chi connectivity index (χ4n) is 1.18. The van der Waals surface area contributed by atoms with Crippen molar-refractivity contribution in [2.45, 2.75) is 19.4 Å². The van der Waals surface area contributed by atoms with Gasteiger partial charge in [-0.05, 0) is 24.6 Å². The number of carbonyl (C=O) groups is 1. The number of aliphatic hydroxyl groups is 1. The van der Waals surface area contributed by atoms with Gasteiger partial charge in [-0.3, -0.25) is 4.79 Å². The summed E-state index contributed by atoms with van der Waals surface area (Å²) in [5.41, 5.74) is 0.748. The third kappa shape index (κ3) is 4.46. The Morgan fingerprint density at radius 3 is 2.87 bits per heavy atom. The third-order valence-electron chi connectivity index (χ3n) is 1.87. The minimum Gasteiger partial charge on any atom is -0.508 e. The molecule has 0 heterocycles. The predicted molar refractivity (Wildman–Crippen MR) is 56.5 cm³/mol. The number of aliphatic hydroxyl groups excluding tert-OH is 1. The summed E-state index contributed by atoms with van der Waals surface area (Å²) in [6, 6.07) is 6.55. The molecule has 0 aliphatic heterocycles. The third-order valence-corrected chi connectivity index (χ3v) is 1.87. The van der Waals surface area contributed by atoms with Gasteiger partial charge >= 0.3 is 0 Å². The molecule has 1 atom stereocenters. The van der Waals surface area contributed by atoms with E-state index in [0.29, 0.717) is 0 Å². The zero-order chi connectivity index (χ0) is 11.3. The number of hydrogen-bond donors (Lipinski definition) is 3. The van der Waals surface area contributed by atoms with Crippen LogP contribution in [0.25, 0.3) is 0 Å². The molecule has 4 nitrogen and oxygen atoms in total. The second kappa shape index (κ2) is 5.36. The highest BCUT2D eigenvalue weighted by molar-refractivity contribution is 5.78. The van der Waals surface area contributed by atoms with Crippen LogP contribution in [-0.4, -0.2) is 28.8 Å². The lowest BCUT2D eigenvalue weighted by atomic mass is 10.1. The molecule has 1 aromatic rings. The summed E-state index contributed by atoms with van der Waals surface area (Å²) in [5.74, 6) is -0.0164. The monoisotopic (exact) mass is 209 g/mol. The van der Waals surface area contributed by atoms with Crippen molar-refractivity contribution >= 4 is 5.91 Å². The van der Waals surface area contributed by atoms with Crippen molar-refractivity contribution in [1.29, 1.82) is 0 Å². The number of hydrogen-bond acceptors (Lipinski definition) is 3. The molecule has 0 spiro atoms. The van der Waals surface area contributed by atoms with Gasteiger partial charge in [0.2, 0.25) is 5.91 Å². The SMILES string of the molecule is CC(O)CNC(=O)Cc1cccc(O)c1. The highest BCUT2D eigenvalue weighted by atomic mass is 16.3. The van der Waals surface area contributed by atoms with E-state index >= 15 is 0 Å². The molecule has 1 aromatic carbocycles. The summed E-state index contributed by atoms with van der Waals surface area (Å²) < 4.78 is 0. The van der Waals surface area contributed by atoms with Crippen LogP contribution < -0.4 is 5.32 Å². The Hall–Kier alpha value is -1.55. The molecule has 1 rings (SSSR count). The first-order valence-electron chi connectivity index (χ1n) is 4.80. The average molecular weight is 209 g/mol. The first-order chi connectivity index (χ1) is 7.08. The van der Waals surface area contributed by atoms with Gasteiger partial charge in [0.1, 0.15) is 5.75 Å². The van der Waals surface area contributed by atoms with Gasteiger partial charge in [0.25, 0.3) is 0 Å². The lowest BCUT2D eigenvalue weighted by molar-refractivity contribution is -0.120. The van der Waals surface area contributed by atoms with E-state index in [2.05, 4.69) is 5.32 Å². The van der Waals surface area contributed by atoms with Crippen molar-refractivity contribution < 1.29 is 15.0 Å². The van der Waals surface area contributed by atoms with Gasteiger partial charge in [0.05, 0.1) is 12.5 Å². The molecule has 0 aromatic heterocycles. The van der Waals surface area contributed by atoms with Crippen molar-refractivity contribution in [2.24, 2.45) is 0 Å². The summed E-state index contributed by atoms with van der Waals surface area (Å²) in [7, 11) is 0. The Morgan fingerprint density at radius 2 is 2.27 bits per heavy atom. The molecule has 1 amide bonds. The summed E-state index contributed by atoms with van der Waals surface area (Å²) >= 11 is 0. The number of phenols is 1. The molecule has 0 saturated carbocycles. The van der Waals surface area contributed by atoms with Crippen molar-refractivity contribution in [2.75, 3.05) is 6.54 Å². The Balaban J connectivity index is 2.44. The number of aromatic hydroxyl groups is 1. The molecule has 0 bridgehead atoms. The van der Waals surface area contributed by atoms with Gasteiger partial charge in [-0.2, -0.15) is 0 Å². The number of amides is 1. The Morgan fingerprint density at radius 1 is 1.53 bits per heavy atom. The van der Waals surface area contributed by atoms with Gasteiger partial charge in [-0.15, -0.1) is 0 Å². The Kier molecular flexibility index (Phi) is 4.12. The van der Waals surface area contributed by atoms with Crippen LogP contribution in [0, 0.1) is 0 Å². The largest absolute Gasteiger partial charge is 0.508 e. The fourth-order valence-corrected chi connectivity index (χ4v) is 1.18. The minimum atomic E-state index is -0.543. The van der Waals surface area contributed by atoms with E-state index in [1.807, 2.05) is 0 Å². The van der Waals surface area contributed by atoms with E-state index in [1.54, 1.807) is 31.2 Å². The standard InChI is InChI=1S/C11H15NO3/c1-8(13)7-12-11(15)6-9-3-2-4-10(14)5-9/h2-5,8,13-14H,6-7H2,1H3,(H,12,15). The van der Waals surface area contributed by atoms with E-state index in [0.717, 1.165) is 5.56 Å². The number of carbonyl (C=O) groups excluding carboxylic acids is 1. The normalized spacial score (nSPS) is 12.1. The molecular weight excluding hydrogens is 194 g/mol. The molecule has 0 radical (unpaired) electrons. The van der Waals surface area contributed by atoms with Gasteiger partial charge in [-0.25, -0.2) is 0 Å².